The lowest BCUT2D eigenvalue weighted by atomic mass is 9.84. The Balaban J connectivity index is 1.93. The van der Waals surface area contributed by atoms with Crippen LogP contribution in [0.4, 0.5) is 5.82 Å². The first-order chi connectivity index (χ1) is 8.20. The van der Waals surface area contributed by atoms with E-state index in [1.165, 1.54) is 6.20 Å². The molecule has 1 heterocycles. The van der Waals surface area contributed by atoms with Gasteiger partial charge in [0.2, 0.25) is 6.33 Å². The summed E-state index contributed by atoms with van der Waals surface area (Å²) >= 11 is 0. The Hall–Kier alpha value is -1.43. The lowest BCUT2D eigenvalue weighted by Gasteiger charge is -2.28. The summed E-state index contributed by atoms with van der Waals surface area (Å²) in [4.78, 5) is 13.8. The second kappa shape index (κ2) is 5.27. The minimum atomic E-state index is -0.464. The van der Waals surface area contributed by atoms with E-state index in [2.05, 4.69) is 4.98 Å². The van der Waals surface area contributed by atoms with E-state index < -0.39 is 4.92 Å². The fourth-order valence-corrected chi connectivity index (χ4v) is 2.53. The molecule has 6 nitrogen and oxygen atoms in total. The molecule has 94 valence electrons. The zero-order chi connectivity index (χ0) is 12.3. The fourth-order valence-electron chi connectivity index (χ4n) is 2.53. The van der Waals surface area contributed by atoms with E-state index in [1.807, 2.05) is 4.57 Å². The highest BCUT2D eigenvalue weighted by Crippen LogP contribution is 2.33. The second-order valence-corrected chi connectivity index (χ2v) is 4.62. The van der Waals surface area contributed by atoms with Gasteiger partial charge >= 0.3 is 5.82 Å². The summed E-state index contributed by atoms with van der Waals surface area (Å²) in [7, 11) is 0. The highest BCUT2D eigenvalue weighted by molar-refractivity contribution is 5.13. The summed E-state index contributed by atoms with van der Waals surface area (Å²) in [5, 5.41) is 19.4. The van der Waals surface area contributed by atoms with E-state index in [4.69, 9.17) is 5.11 Å². The number of aliphatic hydroxyl groups excluding tert-OH is 1. The standard InChI is InChI=1S/C11H17N3O3/c15-6-5-9-1-3-10(4-2-9)13-7-11(12-8-13)14(16)17/h7-10,15H,1-6H2. The molecule has 1 saturated carbocycles. The number of hydrogen-bond donors (Lipinski definition) is 1. The van der Waals surface area contributed by atoms with E-state index in [0.29, 0.717) is 12.0 Å². The van der Waals surface area contributed by atoms with Crippen molar-refractivity contribution in [3.05, 3.63) is 22.6 Å². The van der Waals surface area contributed by atoms with Gasteiger partial charge in [-0.2, -0.15) is 0 Å². The average molecular weight is 239 g/mol. The minimum absolute atomic E-state index is 0.0810. The van der Waals surface area contributed by atoms with E-state index in [0.717, 1.165) is 32.1 Å². The van der Waals surface area contributed by atoms with Gasteiger partial charge in [-0.3, -0.25) is 0 Å². The van der Waals surface area contributed by atoms with Gasteiger partial charge in [-0.15, -0.1) is 0 Å². The lowest BCUT2D eigenvalue weighted by Crippen LogP contribution is -2.18. The zero-order valence-corrected chi connectivity index (χ0v) is 9.66. The summed E-state index contributed by atoms with van der Waals surface area (Å²) in [5.74, 6) is 0.525. The lowest BCUT2D eigenvalue weighted by molar-refractivity contribution is -0.389. The molecule has 0 saturated heterocycles. The third kappa shape index (κ3) is 2.82. The fraction of sp³-hybridized carbons (Fsp3) is 0.727. The molecular weight excluding hydrogens is 222 g/mol. The van der Waals surface area contributed by atoms with Crippen LogP contribution in [0.15, 0.2) is 12.5 Å². The summed E-state index contributed by atoms with van der Waals surface area (Å²) in [6.07, 6.45) is 8.12. The van der Waals surface area contributed by atoms with Crippen LogP contribution in [-0.2, 0) is 0 Å². The first-order valence-corrected chi connectivity index (χ1v) is 5.99. The predicted octanol–water partition coefficient (Wildman–Crippen LogP) is 1.90. The predicted molar refractivity (Wildman–Crippen MR) is 61.6 cm³/mol. The number of aliphatic hydroxyl groups is 1. The maximum Gasteiger partial charge on any atom is 0.381 e. The normalized spacial score (nSPS) is 24.8. The topological polar surface area (TPSA) is 81.2 Å². The van der Waals surface area contributed by atoms with Crippen LogP contribution in [0.3, 0.4) is 0 Å². The Kier molecular flexibility index (Phi) is 3.73. The number of hydrogen-bond acceptors (Lipinski definition) is 4. The molecule has 2 rings (SSSR count). The highest BCUT2D eigenvalue weighted by atomic mass is 16.6. The van der Waals surface area contributed by atoms with Crippen LogP contribution in [0.5, 0.6) is 0 Å². The van der Waals surface area contributed by atoms with Gasteiger partial charge in [-0.1, -0.05) is 0 Å². The van der Waals surface area contributed by atoms with Crippen LogP contribution in [0, 0.1) is 16.0 Å². The van der Waals surface area contributed by atoms with E-state index in [1.54, 1.807) is 6.33 Å². The third-order valence-electron chi connectivity index (χ3n) is 3.55. The number of rotatable bonds is 4. The maximum absolute atomic E-state index is 10.5. The number of nitrogens with zero attached hydrogens (tertiary/aromatic N) is 3. The van der Waals surface area contributed by atoms with Gasteiger partial charge in [0.25, 0.3) is 0 Å². The van der Waals surface area contributed by atoms with E-state index in [-0.39, 0.29) is 12.4 Å². The molecule has 1 aliphatic carbocycles. The van der Waals surface area contributed by atoms with Crippen molar-refractivity contribution in [2.75, 3.05) is 6.61 Å². The van der Waals surface area contributed by atoms with Crippen LogP contribution < -0.4 is 0 Å². The van der Waals surface area contributed by atoms with Crippen molar-refractivity contribution in [3.8, 4) is 0 Å². The van der Waals surface area contributed by atoms with Crippen LogP contribution in [-0.4, -0.2) is 26.2 Å². The molecule has 0 aromatic carbocycles. The minimum Gasteiger partial charge on any atom is -0.396 e. The molecule has 1 N–H and O–H groups in total. The molecule has 0 amide bonds. The Morgan fingerprint density at radius 3 is 2.71 bits per heavy atom. The van der Waals surface area contributed by atoms with Crippen molar-refractivity contribution in [2.45, 2.75) is 38.1 Å². The van der Waals surface area contributed by atoms with Crippen molar-refractivity contribution in [1.82, 2.24) is 9.55 Å². The SMILES string of the molecule is O=[N+]([O-])c1cn(C2CCC(CCO)CC2)cn1. The van der Waals surface area contributed by atoms with Crippen molar-refractivity contribution < 1.29 is 10.0 Å². The summed E-state index contributed by atoms with van der Waals surface area (Å²) < 4.78 is 1.85. The highest BCUT2D eigenvalue weighted by Gasteiger charge is 2.23. The second-order valence-electron chi connectivity index (χ2n) is 4.62. The number of imidazole rings is 1. The molecule has 0 unspecified atom stereocenters. The Morgan fingerprint density at radius 2 is 2.18 bits per heavy atom. The first kappa shape index (κ1) is 12.0. The molecular formula is C11H17N3O3. The molecule has 0 spiro atoms. The average Bonchev–Trinajstić information content (AvgIpc) is 2.80. The molecule has 0 radical (unpaired) electrons. The Bertz CT molecular complexity index is 383. The van der Waals surface area contributed by atoms with Crippen molar-refractivity contribution in [3.63, 3.8) is 0 Å². The summed E-state index contributed by atoms with van der Waals surface area (Å²) in [5.41, 5.74) is 0. The third-order valence-corrected chi connectivity index (χ3v) is 3.55. The molecule has 17 heavy (non-hydrogen) atoms. The molecule has 6 heteroatoms. The Morgan fingerprint density at radius 1 is 1.47 bits per heavy atom. The molecule has 0 atom stereocenters. The van der Waals surface area contributed by atoms with Gasteiger partial charge in [0.1, 0.15) is 6.20 Å². The van der Waals surface area contributed by atoms with Crippen LogP contribution in [0.25, 0.3) is 0 Å². The van der Waals surface area contributed by atoms with Gasteiger partial charge in [-0.05, 0) is 47.9 Å². The molecule has 1 aliphatic rings. The summed E-state index contributed by atoms with van der Waals surface area (Å²) in [6.45, 7) is 0.256. The molecule has 0 bridgehead atoms. The zero-order valence-electron chi connectivity index (χ0n) is 9.66. The Labute approximate surface area is 99.4 Å². The summed E-state index contributed by atoms with van der Waals surface area (Å²) in [6, 6.07) is 0.325. The first-order valence-electron chi connectivity index (χ1n) is 5.99. The van der Waals surface area contributed by atoms with Crippen molar-refractivity contribution in [1.29, 1.82) is 0 Å². The quantitative estimate of drug-likeness (QED) is 0.642. The van der Waals surface area contributed by atoms with Crippen molar-refractivity contribution in [2.24, 2.45) is 5.92 Å². The van der Waals surface area contributed by atoms with Crippen LogP contribution in [0.2, 0.25) is 0 Å². The van der Waals surface area contributed by atoms with Gasteiger partial charge in [0.15, 0.2) is 0 Å². The van der Waals surface area contributed by atoms with Crippen LogP contribution >= 0.6 is 0 Å². The van der Waals surface area contributed by atoms with E-state index in [9.17, 15) is 10.1 Å². The smallest absolute Gasteiger partial charge is 0.381 e. The maximum atomic E-state index is 10.5. The molecule has 0 aliphatic heterocycles. The van der Waals surface area contributed by atoms with E-state index >= 15 is 0 Å². The van der Waals surface area contributed by atoms with Gasteiger partial charge in [0, 0.05) is 12.6 Å². The van der Waals surface area contributed by atoms with Crippen molar-refractivity contribution >= 4 is 5.82 Å². The van der Waals surface area contributed by atoms with Crippen LogP contribution in [0.1, 0.15) is 38.1 Å². The van der Waals surface area contributed by atoms with Gasteiger partial charge in [-0.25, -0.2) is 0 Å². The number of nitro groups is 1. The molecule has 1 aromatic heterocycles. The molecule has 1 aromatic rings. The molecule has 1 fully saturated rings. The van der Waals surface area contributed by atoms with Gasteiger partial charge in [0.05, 0.1) is 0 Å². The number of aromatic nitrogens is 2. The largest absolute Gasteiger partial charge is 0.396 e. The van der Waals surface area contributed by atoms with Gasteiger partial charge < -0.3 is 19.8 Å². The monoisotopic (exact) mass is 239 g/mol.